The van der Waals surface area contributed by atoms with Gasteiger partial charge in [-0.25, -0.2) is 19.3 Å². The van der Waals surface area contributed by atoms with Gasteiger partial charge in [-0.15, -0.1) is 5.10 Å². The molecule has 0 amide bonds. The molecule has 20 heavy (non-hydrogen) atoms. The quantitative estimate of drug-likeness (QED) is 0.639. The van der Waals surface area contributed by atoms with E-state index in [1.54, 1.807) is 12.1 Å². The Morgan fingerprint density at radius 1 is 1.20 bits per heavy atom. The lowest BCUT2D eigenvalue weighted by atomic mass is 10.1. The van der Waals surface area contributed by atoms with Crippen LogP contribution >= 0.6 is 0 Å². The van der Waals surface area contributed by atoms with Gasteiger partial charge in [0.1, 0.15) is 6.33 Å². The van der Waals surface area contributed by atoms with Gasteiger partial charge in [0.05, 0.1) is 25.5 Å². The van der Waals surface area contributed by atoms with Crippen molar-refractivity contribution < 1.29 is 19.1 Å². The molecule has 8 heteroatoms. The van der Waals surface area contributed by atoms with Crippen LogP contribution in [-0.4, -0.2) is 40.9 Å². The lowest BCUT2D eigenvalue weighted by Gasteiger charge is -2.08. The number of aromatic nitrogens is 3. The van der Waals surface area contributed by atoms with Crippen LogP contribution in [0.25, 0.3) is 5.69 Å². The van der Waals surface area contributed by atoms with E-state index in [0.29, 0.717) is 11.4 Å². The van der Waals surface area contributed by atoms with Crippen molar-refractivity contribution in [3.63, 3.8) is 0 Å². The molecule has 1 heterocycles. The fourth-order valence-electron chi connectivity index (χ4n) is 1.59. The Hall–Kier alpha value is -2.90. The molecule has 0 spiro atoms. The zero-order chi connectivity index (χ0) is 14.7. The van der Waals surface area contributed by atoms with Crippen LogP contribution in [0.3, 0.4) is 0 Å². The lowest BCUT2D eigenvalue weighted by Crippen LogP contribution is -2.10. The van der Waals surface area contributed by atoms with Gasteiger partial charge in [-0.3, -0.25) is 0 Å². The second-order valence-corrected chi connectivity index (χ2v) is 3.77. The van der Waals surface area contributed by atoms with E-state index in [1.807, 2.05) is 0 Å². The molecule has 2 aromatic rings. The fraction of sp³-hybridized carbons (Fsp3) is 0.167. The predicted octanol–water partition coefficient (Wildman–Crippen LogP) is 0.423. The zero-order valence-corrected chi connectivity index (χ0v) is 10.9. The fourth-order valence-corrected chi connectivity index (χ4v) is 1.59. The molecule has 1 aromatic heterocycles. The second kappa shape index (κ2) is 5.39. The second-order valence-electron chi connectivity index (χ2n) is 3.77. The zero-order valence-electron chi connectivity index (χ0n) is 10.9. The van der Waals surface area contributed by atoms with E-state index in [-0.39, 0.29) is 11.4 Å². The van der Waals surface area contributed by atoms with Crippen molar-refractivity contribution in [1.82, 2.24) is 14.8 Å². The molecule has 2 N–H and O–H groups in total. The van der Waals surface area contributed by atoms with Gasteiger partial charge in [0.2, 0.25) is 0 Å². The number of ether oxygens (including phenoxy) is 2. The van der Waals surface area contributed by atoms with Crippen LogP contribution in [0.5, 0.6) is 0 Å². The number of hydrogen-bond donors (Lipinski definition) is 1. The van der Waals surface area contributed by atoms with Crippen molar-refractivity contribution in [2.75, 3.05) is 20.0 Å². The molecule has 104 valence electrons. The first-order valence-electron chi connectivity index (χ1n) is 5.55. The van der Waals surface area contributed by atoms with Crippen molar-refractivity contribution in [2.45, 2.75) is 0 Å². The number of carbonyl (C=O) groups excluding carboxylic acids is 2. The molecule has 0 aliphatic heterocycles. The smallest absolute Gasteiger partial charge is 0.377 e. The SMILES string of the molecule is COC(=O)c1ncn(-c2ccc(N)cc2C(=O)OC)n1. The van der Waals surface area contributed by atoms with Gasteiger partial charge >= 0.3 is 11.9 Å². The van der Waals surface area contributed by atoms with Gasteiger partial charge in [-0.1, -0.05) is 0 Å². The van der Waals surface area contributed by atoms with Crippen LogP contribution in [0.15, 0.2) is 24.5 Å². The Bertz CT molecular complexity index is 665. The summed E-state index contributed by atoms with van der Waals surface area (Å²) in [6.07, 6.45) is 1.30. The minimum absolute atomic E-state index is 0.111. The first kappa shape index (κ1) is 13.5. The number of carbonyl (C=O) groups is 2. The molecule has 0 radical (unpaired) electrons. The standard InChI is InChI=1S/C12H12N4O4/c1-19-11(17)8-5-7(13)3-4-9(8)16-6-14-10(15-16)12(18)20-2/h3-6H,13H2,1-2H3. The molecule has 2 rings (SSSR count). The van der Waals surface area contributed by atoms with Crippen LogP contribution in [0, 0.1) is 0 Å². The Kier molecular flexibility index (Phi) is 3.65. The van der Waals surface area contributed by atoms with Gasteiger partial charge in [-0.2, -0.15) is 0 Å². The van der Waals surface area contributed by atoms with Gasteiger partial charge < -0.3 is 15.2 Å². The lowest BCUT2D eigenvalue weighted by molar-refractivity contribution is 0.0584. The first-order chi connectivity index (χ1) is 9.56. The van der Waals surface area contributed by atoms with Gasteiger partial charge in [0.25, 0.3) is 5.82 Å². The van der Waals surface area contributed by atoms with Gasteiger partial charge in [0.15, 0.2) is 0 Å². The number of esters is 2. The highest BCUT2D eigenvalue weighted by Crippen LogP contribution is 2.18. The first-order valence-corrected chi connectivity index (χ1v) is 5.55. The molecular formula is C12H12N4O4. The summed E-state index contributed by atoms with van der Waals surface area (Å²) in [7, 11) is 2.49. The van der Waals surface area contributed by atoms with E-state index in [9.17, 15) is 9.59 Å². The number of methoxy groups -OCH3 is 2. The molecule has 0 aliphatic rings. The van der Waals surface area contributed by atoms with E-state index >= 15 is 0 Å². The van der Waals surface area contributed by atoms with Crippen molar-refractivity contribution in [2.24, 2.45) is 0 Å². The normalized spacial score (nSPS) is 10.1. The third kappa shape index (κ3) is 2.44. The Labute approximate surface area is 114 Å². The number of benzene rings is 1. The minimum atomic E-state index is -0.668. The molecule has 0 saturated heterocycles. The molecule has 1 aromatic carbocycles. The highest BCUT2D eigenvalue weighted by atomic mass is 16.5. The summed E-state index contributed by atoms with van der Waals surface area (Å²) in [6.45, 7) is 0. The van der Waals surface area contributed by atoms with Crippen LogP contribution in [0.4, 0.5) is 5.69 Å². The summed E-state index contributed by atoms with van der Waals surface area (Å²) in [5, 5.41) is 3.94. The summed E-state index contributed by atoms with van der Waals surface area (Å²) < 4.78 is 10.5. The van der Waals surface area contributed by atoms with Crippen LogP contribution in [0.2, 0.25) is 0 Å². The van der Waals surface area contributed by atoms with E-state index in [4.69, 9.17) is 5.73 Å². The van der Waals surface area contributed by atoms with Gasteiger partial charge in [0, 0.05) is 5.69 Å². The van der Waals surface area contributed by atoms with E-state index < -0.39 is 11.9 Å². The summed E-state index contributed by atoms with van der Waals surface area (Å²) in [5.41, 5.74) is 6.66. The molecule has 8 nitrogen and oxygen atoms in total. The molecule has 0 unspecified atom stereocenters. The van der Waals surface area contributed by atoms with Crippen LogP contribution in [0.1, 0.15) is 21.0 Å². The number of hydrogen-bond acceptors (Lipinski definition) is 7. The number of nitrogens with two attached hydrogens (primary N) is 1. The summed E-state index contributed by atoms with van der Waals surface area (Å²) in [4.78, 5) is 26.8. The maximum Gasteiger partial charge on any atom is 0.377 e. The number of nitrogens with zero attached hydrogens (tertiary/aromatic N) is 3. The van der Waals surface area contributed by atoms with Crippen molar-refractivity contribution in [3.05, 3.63) is 35.9 Å². The molecular weight excluding hydrogens is 264 g/mol. The van der Waals surface area contributed by atoms with E-state index in [0.717, 1.165) is 0 Å². The highest BCUT2D eigenvalue weighted by Gasteiger charge is 2.17. The topological polar surface area (TPSA) is 109 Å². The van der Waals surface area contributed by atoms with Crippen LogP contribution in [-0.2, 0) is 9.47 Å². The summed E-state index contributed by atoms with van der Waals surface area (Å²) in [6, 6.07) is 4.64. The predicted molar refractivity (Wildman–Crippen MR) is 68.5 cm³/mol. The van der Waals surface area contributed by atoms with Gasteiger partial charge in [-0.05, 0) is 18.2 Å². The molecule has 0 saturated carbocycles. The average Bonchev–Trinajstić information content (AvgIpc) is 2.95. The van der Waals surface area contributed by atoms with Crippen molar-refractivity contribution >= 4 is 17.6 Å². The monoisotopic (exact) mass is 276 g/mol. The number of nitrogen functional groups attached to an aromatic ring is 1. The Morgan fingerprint density at radius 3 is 2.55 bits per heavy atom. The summed E-state index contributed by atoms with van der Waals surface area (Å²) in [5.74, 6) is -1.35. The third-order valence-electron chi connectivity index (χ3n) is 2.53. The molecule has 0 aliphatic carbocycles. The average molecular weight is 276 g/mol. The number of rotatable bonds is 3. The summed E-state index contributed by atoms with van der Waals surface area (Å²) >= 11 is 0. The maximum absolute atomic E-state index is 11.7. The number of anilines is 1. The largest absolute Gasteiger partial charge is 0.465 e. The van der Waals surface area contributed by atoms with Crippen LogP contribution < -0.4 is 5.73 Å². The van der Waals surface area contributed by atoms with E-state index in [2.05, 4.69) is 19.6 Å². The molecule has 0 fully saturated rings. The Morgan fingerprint density at radius 2 is 1.90 bits per heavy atom. The maximum atomic E-state index is 11.7. The highest BCUT2D eigenvalue weighted by molar-refractivity contribution is 5.94. The molecule has 0 bridgehead atoms. The molecule has 0 atom stereocenters. The Balaban J connectivity index is 2.49. The minimum Gasteiger partial charge on any atom is -0.465 e. The van der Waals surface area contributed by atoms with Crippen molar-refractivity contribution in [3.8, 4) is 5.69 Å². The van der Waals surface area contributed by atoms with Crippen molar-refractivity contribution in [1.29, 1.82) is 0 Å². The van der Waals surface area contributed by atoms with E-state index in [1.165, 1.54) is 31.3 Å². The third-order valence-corrected chi connectivity index (χ3v) is 2.53.